The van der Waals surface area contributed by atoms with Gasteiger partial charge in [-0.05, 0) is 24.6 Å². The molecule has 1 amide bonds. The van der Waals surface area contributed by atoms with Crippen LogP contribution in [-0.2, 0) is 16.1 Å². The van der Waals surface area contributed by atoms with Crippen molar-refractivity contribution in [2.45, 2.75) is 25.8 Å². The number of ether oxygens (including phenoxy) is 1. The quantitative estimate of drug-likeness (QED) is 0.826. The summed E-state index contributed by atoms with van der Waals surface area (Å²) in [7, 11) is 3.28. The first-order chi connectivity index (χ1) is 9.43. The minimum absolute atomic E-state index is 0.0137. The highest BCUT2D eigenvalue weighted by Crippen LogP contribution is 2.24. The highest BCUT2D eigenvalue weighted by molar-refractivity contribution is 9.10. The number of rotatable bonds is 7. The molecule has 1 N–H and O–H groups in total. The largest absolute Gasteiger partial charge is 0.496 e. The lowest BCUT2D eigenvalue weighted by Crippen LogP contribution is -2.26. The third kappa shape index (κ3) is 5.21. The van der Waals surface area contributed by atoms with Gasteiger partial charge in [0.1, 0.15) is 5.75 Å². The summed E-state index contributed by atoms with van der Waals surface area (Å²) in [4.78, 5) is 23.9. The van der Waals surface area contributed by atoms with Crippen molar-refractivity contribution in [3.05, 3.63) is 28.2 Å². The lowest BCUT2D eigenvalue weighted by Gasteiger charge is -2.19. The summed E-state index contributed by atoms with van der Waals surface area (Å²) in [5, 5.41) is 8.55. The van der Waals surface area contributed by atoms with Crippen molar-refractivity contribution >= 4 is 27.8 Å². The average molecular weight is 344 g/mol. The van der Waals surface area contributed by atoms with E-state index in [0.29, 0.717) is 13.0 Å². The minimum atomic E-state index is -0.880. The number of aliphatic carboxylic acids is 1. The van der Waals surface area contributed by atoms with E-state index in [4.69, 9.17) is 9.84 Å². The van der Waals surface area contributed by atoms with Crippen LogP contribution in [0.3, 0.4) is 0 Å². The molecule has 20 heavy (non-hydrogen) atoms. The molecule has 0 saturated carbocycles. The number of hydrogen-bond donors (Lipinski definition) is 1. The predicted octanol–water partition coefficient (Wildman–Crippen LogP) is 2.67. The van der Waals surface area contributed by atoms with Crippen LogP contribution in [0.1, 0.15) is 24.8 Å². The summed E-state index contributed by atoms with van der Waals surface area (Å²) in [5.41, 5.74) is 0.899. The molecular weight excluding hydrogens is 326 g/mol. The van der Waals surface area contributed by atoms with Crippen molar-refractivity contribution in [2.75, 3.05) is 14.2 Å². The normalized spacial score (nSPS) is 10.2. The van der Waals surface area contributed by atoms with E-state index in [0.717, 1.165) is 15.8 Å². The molecule has 0 bridgehead atoms. The van der Waals surface area contributed by atoms with Gasteiger partial charge in [0.05, 0.1) is 7.11 Å². The third-order valence-electron chi connectivity index (χ3n) is 2.86. The second-order valence-electron chi connectivity index (χ2n) is 4.45. The molecule has 0 aliphatic carbocycles. The molecule has 0 unspecified atom stereocenters. The van der Waals surface area contributed by atoms with Gasteiger partial charge in [0.25, 0.3) is 0 Å². The lowest BCUT2D eigenvalue weighted by molar-refractivity contribution is -0.137. The molecule has 0 atom stereocenters. The standard InChI is InChI=1S/C14H18BrNO4/c1-16(13(17)4-3-5-14(18)19)9-10-8-11(15)6-7-12(10)20-2/h6-8H,3-5,9H2,1-2H3,(H,18,19). The summed E-state index contributed by atoms with van der Waals surface area (Å²) in [6.45, 7) is 0.425. The third-order valence-corrected chi connectivity index (χ3v) is 3.35. The number of carboxylic acid groups (broad SMARTS) is 1. The van der Waals surface area contributed by atoms with E-state index in [1.807, 2.05) is 18.2 Å². The van der Waals surface area contributed by atoms with E-state index in [1.54, 1.807) is 19.1 Å². The number of amides is 1. The lowest BCUT2D eigenvalue weighted by atomic mass is 10.1. The van der Waals surface area contributed by atoms with Gasteiger partial charge in [-0.2, -0.15) is 0 Å². The summed E-state index contributed by atoms with van der Waals surface area (Å²) in [6.07, 6.45) is 0.604. The Labute approximate surface area is 126 Å². The van der Waals surface area contributed by atoms with Crippen molar-refractivity contribution < 1.29 is 19.4 Å². The van der Waals surface area contributed by atoms with E-state index in [9.17, 15) is 9.59 Å². The minimum Gasteiger partial charge on any atom is -0.496 e. The fraction of sp³-hybridized carbons (Fsp3) is 0.429. The molecule has 0 radical (unpaired) electrons. The topological polar surface area (TPSA) is 66.8 Å². The van der Waals surface area contributed by atoms with Gasteiger partial charge in [0, 0.05) is 36.5 Å². The van der Waals surface area contributed by atoms with Gasteiger partial charge in [-0.25, -0.2) is 0 Å². The molecule has 0 aromatic heterocycles. The van der Waals surface area contributed by atoms with Crippen molar-refractivity contribution in [2.24, 2.45) is 0 Å². The van der Waals surface area contributed by atoms with E-state index < -0.39 is 5.97 Å². The molecule has 0 heterocycles. The zero-order valence-corrected chi connectivity index (χ0v) is 13.1. The van der Waals surface area contributed by atoms with Gasteiger partial charge in [0.15, 0.2) is 0 Å². The Morgan fingerprint density at radius 3 is 2.65 bits per heavy atom. The predicted molar refractivity (Wildman–Crippen MR) is 78.7 cm³/mol. The summed E-state index contributed by atoms with van der Waals surface area (Å²) in [6, 6.07) is 5.61. The Balaban J connectivity index is 2.61. The number of nitrogens with zero attached hydrogens (tertiary/aromatic N) is 1. The first kappa shape index (κ1) is 16.5. The zero-order chi connectivity index (χ0) is 15.1. The van der Waals surface area contributed by atoms with E-state index in [1.165, 1.54) is 0 Å². The smallest absolute Gasteiger partial charge is 0.303 e. The number of carbonyl (C=O) groups is 2. The molecule has 1 aromatic rings. The number of carbonyl (C=O) groups excluding carboxylic acids is 1. The Bertz CT molecular complexity index is 490. The van der Waals surface area contributed by atoms with Crippen LogP contribution in [0.15, 0.2) is 22.7 Å². The number of carboxylic acids is 1. The van der Waals surface area contributed by atoms with Crippen LogP contribution in [0.25, 0.3) is 0 Å². The van der Waals surface area contributed by atoms with E-state index >= 15 is 0 Å². The highest BCUT2D eigenvalue weighted by Gasteiger charge is 2.13. The van der Waals surface area contributed by atoms with E-state index in [-0.39, 0.29) is 18.7 Å². The maximum absolute atomic E-state index is 11.9. The molecule has 1 rings (SSSR count). The molecule has 0 saturated heterocycles. The Hall–Kier alpha value is -1.56. The fourth-order valence-corrected chi connectivity index (χ4v) is 2.20. The van der Waals surface area contributed by atoms with Crippen molar-refractivity contribution in [3.8, 4) is 5.75 Å². The monoisotopic (exact) mass is 343 g/mol. The van der Waals surface area contributed by atoms with Crippen molar-refractivity contribution in [1.29, 1.82) is 0 Å². The van der Waals surface area contributed by atoms with Gasteiger partial charge in [-0.15, -0.1) is 0 Å². The SMILES string of the molecule is COc1ccc(Br)cc1CN(C)C(=O)CCCC(=O)O. The summed E-state index contributed by atoms with van der Waals surface area (Å²) in [5.74, 6) is -0.235. The molecule has 6 heteroatoms. The van der Waals surface area contributed by atoms with Crippen LogP contribution in [-0.4, -0.2) is 36.0 Å². The second kappa shape index (κ2) is 7.89. The first-order valence-corrected chi connectivity index (χ1v) is 7.01. The second-order valence-corrected chi connectivity index (χ2v) is 5.37. The Kier molecular flexibility index (Phi) is 6.51. The van der Waals surface area contributed by atoms with Gasteiger partial charge in [-0.1, -0.05) is 15.9 Å². The molecular formula is C14H18BrNO4. The summed E-state index contributed by atoms with van der Waals surface area (Å²) < 4.78 is 6.17. The van der Waals surface area contributed by atoms with Crippen molar-refractivity contribution in [1.82, 2.24) is 4.90 Å². The molecule has 0 spiro atoms. The van der Waals surface area contributed by atoms with Gasteiger partial charge >= 0.3 is 5.97 Å². The van der Waals surface area contributed by atoms with Crippen molar-refractivity contribution in [3.63, 3.8) is 0 Å². The van der Waals surface area contributed by atoms with Gasteiger partial charge in [-0.3, -0.25) is 9.59 Å². The maximum Gasteiger partial charge on any atom is 0.303 e. The van der Waals surface area contributed by atoms with Gasteiger partial charge < -0.3 is 14.7 Å². The zero-order valence-electron chi connectivity index (χ0n) is 11.6. The maximum atomic E-state index is 11.9. The molecule has 0 fully saturated rings. The first-order valence-electron chi connectivity index (χ1n) is 6.22. The van der Waals surface area contributed by atoms with Crippen LogP contribution in [0.2, 0.25) is 0 Å². The number of halogens is 1. The summed E-state index contributed by atoms with van der Waals surface area (Å²) >= 11 is 3.39. The number of hydrogen-bond acceptors (Lipinski definition) is 3. The van der Waals surface area contributed by atoms with Crippen LogP contribution < -0.4 is 4.74 Å². The molecule has 0 aliphatic heterocycles. The Morgan fingerprint density at radius 2 is 2.05 bits per heavy atom. The highest BCUT2D eigenvalue weighted by atomic mass is 79.9. The van der Waals surface area contributed by atoms with E-state index in [2.05, 4.69) is 15.9 Å². The molecule has 110 valence electrons. The van der Waals surface area contributed by atoms with Crippen LogP contribution in [0.5, 0.6) is 5.75 Å². The van der Waals surface area contributed by atoms with Crippen LogP contribution in [0, 0.1) is 0 Å². The molecule has 0 aliphatic rings. The number of methoxy groups -OCH3 is 1. The fourth-order valence-electron chi connectivity index (χ4n) is 1.80. The van der Waals surface area contributed by atoms with Crippen LogP contribution in [0.4, 0.5) is 0 Å². The van der Waals surface area contributed by atoms with Gasteiger partial charge in [0.2, 0.25) is 5.91 Å². The Morgan fingerprint density at radius 1 is 1.35 bits per heavy atom. The molecule has 1 aromatic carbocycles. The molecule has 5 nitrogen and oxygen atoms in total. The number of benzene rings is 1. The average Bonchev–Trinajstić information content (AvgIpc) is 2.38. The van der Waals surface area contributed by atoms with Crippen LogP contribution >= 0.6 is 15.9 Å².